The van der Waals surface area contributed by atoms with Crippen molar-refractivity contribution >= 4 is 17.4 Å². The summed E-state index contributed by atoms with van der Waals surface area (Å²) in [5, 5.41) is 19.6. The normalized spacial score (nSPS) is 10.1. The van der Waals surface area contributed by atoms with E-state index in [4.69, 9.17) is 5.11 Å². The van der Waals surface area contributed by atoms with Crippen LogP contribution in [0.3, 0.4) is 0 Å². The van der Waals surface area contributed by atoms with E-state index < -0.39 is 4.92 Å². The van der Waals surface area contributed by atoms with Crippen molar-refractivity contribution in [1.82, 2.24) is 4.98 Å². The van der Waals surface area contributed by atoms with Crippen molar-refractivity contribution < 1.29 is 10.0 Å². The van der Waals surface area contributed by atoms with E-state index in [0.717, 1.165) is 10.8 Å². The zero-order chi connectivity index (χ0) is 10.4. The predicted molar refractivity (Wildman–Crippen MR) is 53.3 cm³/mol. The molecular formula is C8H10N2O3S. The Bertz CT molecular complexity index is 302. The maximum atomic E-state index is 10.3. The van der Waals surface area contributed by atoms with Crippen LogP contribution in [-0.2, 0) is 0 Å². The SMILES string of the molecule is O=[N+]([O-])c1ccc(SCCCO)nc1. The third-order valence-electron chi connectivity index (χ3n) is 1.48. The molecule has 0 atom stereocenters. The van der Waals surface area contributed by atoms with Crippen LogP contribution in [-0.4, -0.2) is 27.4 Å². The third-order valence-corrected chi connectivity index (χ3v) is 2.51. The van der Waals surface area contributed by atoms with Crippen LogP contribution in [0.25, 0.3) is 0 Å². The topological polar surface area (TPSA) is 76.3 Å². The van der Waals surface area contributed by atoms with Crippen molar-refractivity contribution in [2.45, 2.75) is 11.4 Å². The first-order valence-corrected chi connectivity index (χ1v) is 5.06. The third kappa shape index (κ3) is 3.31. The molecule has 0 aliphatic rings. The van der Waals surface area contributed by atoms with Gasteiger partial charge in [0.2, 0.25) is 0 Å². The average Bonchev–Trinajstić information content (AvgIpc) is 2.19. The summed E-state index contributed by atoms with van der Waals surface area (Å²) >= 11 is 1.47. The van der Waals surface area contributed by atoms with Gasteiger partial charge >= 0.3 is 0 Å². The van der Waals surface area contributed by atoms with Crippen molar-refractivity contribution in [2.24, 2.45) is 0 Å². The standard InChI is InChI=1S/C8H10N2O3S/c11-4-1-5-14-8-3-2-7(6-9-8)10(12)13/h2-3,6,11H,1,4-5H2. The minimum atomic E-state index is -0.477. The zero-order valence-corrected chi connectivity index (χ0v) is 8.24. The highest BCUT2D eigenvalue weighted by Gasteiger charge is 2.04. The molecule has 0 aliphatic carbocycles. The maximum Gasteiger partial charge on any atom is 0.287 e. The molecule has 1 N–H and O–H groups in total. The number of rotatable bonds is 5. The molecule has 0 unspecified atom stereocenters. The molecule has 1 aromatic rings. The molecule has 6 heteroatoms. The minimum absolute atomic E-state index is 0.00323. The van der Waals surface area contributed by atoms with Gasteiger partial charge in [-0.15, -0.1) is 11.8 Å². The van der Waals surface area contributed by atoms with E-state index in [1.165, 1.54) is 24.0 Å². The monoisotopic (exact) mass is 214 g/mol. The molecule has 1 heterocycles. The summed E-state index contributed by atoms with van der Waals surface area (Å²) in [6.07, 6.45) is 1.94. The lowest BCUT2D eigenvalue weighted by Crippen LogP contribution is -1.90. The van der Waals surface area contributed by atoms with Crippen molar-refractivity contribution in [3.8, 4) is 0 Å². The molecule has 76 valence electrons. The first kappa shape index (κ1) is 10.9. The predicted octanol–water partition coefficient (Wildman–Crippen LogP) is 1.46. The number of hydrogen-bond donors (Lipinski definition) is 1. The quantitative estimate of drug-likeness (QED) is 0.347. The molecule has 0 spiro atoms. The van der Waals surface area contributed by atoms with Crippen LogP contribution < -0.4 is 0 Å². The molecule has 0 radical (unpaired) electrons. The molecule has 5 nitrogen and oxygen atoms in total. The Morgan fingerprint density at radius 2 is 2.36 bits per heavy atom. The summed E-state index contributed by atoms with van der Waals surface area (Å²) in [6.45, 7) is 0.153. The molecule has 0 aliphatic heterocycles. The number of hydrogen-bond acceptors (Lipinski definition) is 5. The smallest absolute Gasteiger partial charge is 0.287 e. The van der Waals surface area contributed by atoms with Crippen molar-refractivity contribution in [1.29, 1.82) is 0 Å². The number of aliphatic hydroxyl groups is 1. The van der Waals surface area contributed by atoms with Gasteiger partial charge in [0.15, 0.2) is 0 Å². The Morgan fingerprint density at radius 1 is 1.57 bits per heavy atom. The van der Waals surface area contributed by atoms with Gasteiger partial charge < -0.3 is 5.11 Å². The Hall–Kier alpha value is -1.14. The van der Waals surface area contributed by atoms with Crippen LogP contribution in [0.5, 0.6) is 0 Å². The highest BCUT2D eigenvalue weighted by atomic mass is 32.2. The van der Waals surface area contributed by atoms with E-state index in [0.29, 0.717) is 6.42 Å². The summed E-state index contributed by atoms with van der Waals surface area (Å²) in [7, 11) is 0. The first-order valence-electron chi connectivity index (χ1n) is 4.08. The lowest BCUT2D eigenvalue weighted by Gasteiger charge is -1.98. The second-order valence-electron chi connectivity index (χ2n) is 2.54. The fourth-order valence-corrected chi connectivity index (χ4v) is 1.58. The number of aromatic nitrogens is 1. The van der Waals surface area contributed by atoms with Gasteiger partial charge in [0.25, 0.3) is 5.69 Å². The van der Waals surface area contributed by atoms with Crippen molar-refractivity contribution in [3.05, 3.63) is 28.4 Å². The second-order valence-corrected chi connectivity index (χ2v) is 3.65. The van der Waals surface area contributed by atoms with Gasteiger partial charge in [-0.05, 0) is 12.5 Å². The van der Waals surface area contributed by atoms with Crippen LogP contribution >= 0.6 is 11.8 Å². The molecular weight excluding hydrogens is 204 g/mol. The van der Waals surface area contributed by atoms with E-state index in [1.54, 1.807) is 6.07 Å². The summed E-state index contributed by atoms with van der Waals surface area (Å²) < 4.78 is 0. The number of nitro groups is 1. The molecule has 0 aromatic carbocycles. The van der Waals surface area contributed by atoms with E-state index >= 15 is 0 Å². The van der Waals surface area contributed by atoms with Crippen LogP contribution in [0.4, 0.5) is 5.69 Å². The van der Waals surface area contributed by atoms with Crippen LogP contribution in [0.15, 0.2) is 23.4 Å². The molecule has 1 rings (SSSR count). The van der Waals surface area contributed by atoms with Gasteiger partial charge in [-0.2, -0.15) is 0 Å². The first-order chi connectivity index (χ1) is 6.74. The summed E-state index contributed by atoms with van der Waals surface area (Å²) in [5.74, 6) is 0.765. The Balaban J connectivity index is 2.51. The van der Waals surface area contributed by atoms with Gasteiger partial charge in [0, 0.05) is 18.4 Å². The number of aliphatic hydroxyl groups excluding tert-OH is 1. The minimum Gasteiger partial charge on any atom is -0.396 e. The summed E-state index contributed by atoms with van der Waals surface area (Å²) in [6, 6.07) is 3.04. The van der Waals surface area contributed by atoms with E-state index in [9.17, 15) is 10.1 Å². The van der Waals surface area contributed by atoms with Crippen molar-refractivity contribution in [3.63, 3.8) is 0 Å². The highest BCUT2D eigenvalue weighted by molar-refractivity contribution is 7.99. The maximum absolute atomic E-state index is 10.3. The Morgan fingerprint density at radius 3 is 2.86 bits per heavy atom. The Kier molecular flexibility index (Phi) is 4.34. The van der Waals surface area contributed by atoms with E-state index in [1.807, 2.05) is 0 Å². The van der Waals surface area contributed by atoms with Gasteiger partial charge in [-0.1, -0.05) is 0 Å². The van der Waals surface area contributed by atoms with E-state index in [2.05, 4.69) is 4.98 Å². The number of thioether (sulfide) groups is 1. The van der Waals surface area contributed by atoms with Crippen LogP contribution in [0, 0.1) is 10.1 Å². The fourth-order valence-electron chi connectivity index (χ4n) is 0.807. The lowest BCUT2D eigenvalue weighted by molar-refractivity contribution is -0.385. The van der Waals surface area contributed by atoms with Gasteiger partial charge in [-0.3, -0.25) is 10.1 Å². The molecule has 0 saturated heterocycles. The number of pyridine rings is 1. The van der Waals surface area contributed by atoms with E-state index in [-0.39, 0.29) is 12.3 Å². The summed E-state index contributed by atoms with van der Waals surface area (Å²) in [5.41, 5.74) is -0.00323. The molecule has 0 saturated carbocycles. The van der Waals surface area contributed by atoms with Gasteiger partial charge in [0.1, 0.15) is 6.20 Å². The zero-order valence-electron chi connectivity index (χ0n) is 7.42. The summed E-state index contributed by atoms with van der Waals surface area (Å²) in [4.78, 5) is 13.7. The molecule has 0 amide bonds. The number of nitrogens with zero attached hydrogens (tertiary/aromatic N) is 2. The molecule has 0 bridgehead atoms. The highest BCUT2D eigenvalue weighted by Crippen LogP contribution is 2.18. The second kappa shape index (κ2) is 5.56. The molecule has 14 heavy (non-hydrogen) atoms. The largest absolute Gasteiger partial charge is 0.396 e. The fraction of sp³-hybridized carbons (Fsp3) is 0.375. The van der Waals surface area contributed by atoms with Crippen LogP contribution in [0.2, 0.25) is 0 Å². The lowest BCUT2D eigenvalue weighted by atomic mass is 10.4. The van der Waals surface area contributed by atoms with Gasteiger partial charge in [0.05, 0.1) is 9.95 Å². The molecule has 0 fully saturated rings. The average molecular weight is 214 g/mol. The van der Waals surface area contributed by atoms with Crippen LogP contribution in [0.1, 0.15) is 6.42 Å². The van der Waals surface area contributed by atoms with Gasteiger partial charge in [-0.25, -0.2) is 4.98 Å². The molecule has 1 aromatic heterocycles. The Labute approximate surface area is 85.3 Å². The van der Waals surface area contributed by atoms with Crippen molar-refractivity contribution in [2.75, 3.05) is 12.4 Å².